The van der Waals surface area contributed by atoms with Gasteiger partial charge in [0.2, 0.25) is 5.91 Å². The highest BCUT2D eigenvalue weighted by Crippen LogP contribution is 2.31. The zero-order valence-corrected chi connectivity index (χ0v) is 22.4. The van der Waals surface area contributed by atoms with E-state index in [2.05, 4.69) is 9.88 Å². The number of ether oxygens (including phenoxy) is 1. The molecule has 1 aromatic heterocycles. The molecule has 2 aromatic rings. The van der Waals surface area contributed by atoms with Gasteiger partial charge in [-0.3, -0.25) is 14.6 Å². The van der Waals surface area contributed by atoms with Crippen molar-refractivity contribution in [1.82, 2.24) is 14.8 Å². The van der Waals surface area contributed by atoms with E-state index in [-0.39, 0.29) is 24.0 Å². The van der Waals surface area contributed by atoms with E-state index in [1.165, 1.54) is 5.56 Å². The summed E-state index contributed by atoms with van der Waals surface area (Å²) in [6, 6.07) is 11.8. The van der Waals surface area contributed by atoms with Gasteiger partial charge in [0.05, 0.1) is 11.6 Å². The SMILES string of the molecule is CCN1CCCCCCCN(C(=O)CCCc2ccncc2)[C@@H]2CCCC[C@@H]2Oc2ccccc2C1=O. The molecule has 2 amide bonds. The quantitative estimate of drug-likeness (QED) is 0.496. The fraction of sp³-hybridized carbons (Fsp3) is 0.581. The lowest BCUT2D eigenvalue weighted by molar-refractivity contribution is -0.137. The number of fused-ring (bicyclic) bond motifs is 2. The number of amides is 2. The van der Waals surface area contributed by atoms with Crippen LogP contribution in [0.15, 0.2) is 48.8 Å². The number of aromatic nitrogens is 1. The molecule has 1 fully saturated rings. The molecular weight excluding hydrogens is 462 g/mol. The summed E-state index contributed by atoms with van der Waals surface area (Å²) in [5.41, 5.74) is 1.86. The highest BCUT2D eigenvalue weighted by Gasteiger charge is 2.35. The van der Waals surface area contributed by atoms with Gasteiger partial charge in [-0.05, 0) is 81.7 Å². The second kappa shape index (κ2) is 14.2. The Bertz CT molecular complexity index is 996. The molecule has 6 heteroatoms. The van der Waals surface area contributed by atoms with Crippen LogP contribution in [-0.2, 0) is 11.2 Å². The number of hydrogen-bond donors (Lipinski definition) is 0. The molecule has 0 spiro atoms. The van der Waals surface area contributed by atoms with Crippen molar-refractivity contribution in [2.45, 2.75) is 96.1 Å². The summed E-state index contributed by atoms with van der Waals surface area (Å²) in [6.07, 6.45) is 15.2. The van der Waals surface area contributed by atoms with E-state index in [0.29, 0.717) is 24.3 Å². The van der Waals surface area contributed by atoms with Crippen LogP contribution >= 0.6 is 0 Å². The second-order valence-corrected chi connectivity index (χ2v) is 10.5. The van der Waals surface area contributed by atoms with Gasteiger partial charge in [-0.1, -0.05) is 37.8 Å². The lowest BCUT2D eigenvalue weighted by atomic mass is 9.90. The number of carbonyl (C=O) groups is 2. The zero-order chi connectivity index (χ0) is 25.9. The maximum atomic E-state index is 13.6. The molecule has 1 aromatic carbocycles. The van der Waals surface area contributed by atoms with Gasteiger partial charge in [0.1, 0.15) is 11.9 Å². The van der Waals surface area contributed by atoms with Gasteiger partial charge in [-0.15, -0.1) is 0 Å². The zero-order valence-electron chi connectivity index (χ0n) is 22.4. The summed E-state index contributed by atoms with van der Waals surface area (Å²) in [5.74, 6) is 0.938. The number of pyridine rings is 1. The number of benzene rings is 1. The molecule has 2 heterocycles. The van der Waals surface area contributed by atoms with Gasteiger partial charge in [0.25, 0.3) is 5.91 Å². The molecule has 0 N–H and O–H groups in total. The number of para-hydroxylation sites is 1. The van der Waals surface area contributed by atoms with Crippen LogP contribution in [0.4, 0.5) is 0 Å². The third-order valence-electron chi connectivity index (χ3n) is 7.89. The van der Waals surface area contributed by atoms with Crippen LogP contribution in [0.25, 0.3) is 0 Å². The van der Waals surface area contributed by atoms with Gasteiger partial charge in [0, 0.05) is 38.4 Å². The van der Waals surface area contributed by atoms with Crippen molar-refractivity contribution < 1.29 is 14.3 Å². The summed E-state index contributed by atoms with van der Waals surface area (Å²) in [5, 5.41) is 0. The van der Waals surface area contributed by atoms with E-state index < -0.39 is 0 Å². The second-order valence-electron chi connectivity index (χ2n) is 10.5. The van der Waals surface area contributed by atoms with Crippen LogP contribution in [0.5, 0.6) is 5.75 Å². The summed E-state index contributed by atoms with van der Waals surface area (Å²) >= 11 is 0. The Morgan fingerprint density at radius 3 is 2.49 bits per heavy atom. The molecule has 37 heavy (non-hydrogen) atoms. The molecule has 0 radical (unpaired) electrons. The maximum absolute atomic E-state index is 13.6. The normalized spacial score (nSPS) is 21.7. The standard InChI is InChI=1S/C31H43N3O3/c1-2-33-23-10-4-3-5-11-24-34(30(35)18-12-13-25-19-21-32-22-20-25)27-15-7-9-17-29(27)37-28-16-8-6-14-26(28)31(33)36/h6,8,14,16,19-22,27,29H,2-5,7,9-13,15,17-18,23-24H2,1H3/t27-,29+/m1/s1. The highest BCUT2D eigenvalue weighted by molar-refractivity contribution is 5.97. The van der Waals surface area contributed by atoms with Gasteiger partial charge in [-0.25, -0.2) is 0 Å². The lowest BCUT2D eigenvalue weighted by Gasteiger charge is -2.40. The van der Waals surface area contributed by atoms with Crippen LogP contribution in [-0.4, -0.2) is 58.4 Å². The first-order valence-corrected chi connectivity index (χ1v) is 14.4. The van der Waals surface area contributed by atoms with E-state index >= 15 is 0 Å². The molecule has 200 valence electrons. The lowest BCUT2D eigenvalue weighted by Crippen LogP contribution is -2.51. The third kappa shape index (κ3) is 7.56. The number of carbonyl (C=O) groups excluding carboxylic acids is 2. The van der Waals surface area contributed by atoms with Crippen molar-refractivity contribution >= 4 is 11.8 Å². The van der Waals surface area contributed by atoms with Crippen molar-refractivity contribution in [3.05, 3.63) is 59.9 Å². The summed E-state index contributed by atoms with van der Waals surface area (Å²) in [6.45, 7) is 4.31. The van der Waals surface area contributed by atoms with Crippen molar-refractivity contribution in [2.24, 2.45) is 0 Å². The number of hydrogen-bond acceptors (Lipinski definition) is 4. The first-order chi connectivity index (χ1) is 18.2. The minimum Gasteiger partial charge on any atom is -0.487 e. The summed E-state index contributed by atoms with van der Waals surface area (Å²) in [7, 11) is 0. The van der Waals surface area contributed by atoms with E-state index in [9.17, 15) is 9.59 Å². The summed E-state index contributed by atoms with van der Waals surface area (Å²) in [4.78, 5) is 35.2. The topological polar surface area (TPSA) is 62.7 Å². The maximum Gasteiger partial charge on any atom is 0.257 e. The average Bonchev–Trinajstić information content (AvgIpc) is 2.93. The Morgan fingerprint density at radius 2 is 1.68 bits per heavy atom. The van der Waals surface area contributed by atoms with E-state index in [1.54, 1.807) is 0 Å². The average molecular weight is 506 g/mol. The largest absolute Gasteiger partial charge is 0.487 e. The van der Waals surface area contributed by atoms with Gasteiger partial charge in [-0.2, -0.15) is 0 Å². The molecule has 2 aliphatic rings. The number of aryl methyl sites for hydroxylation is 1. The number of nitrogens with zero attached hydrogens (tertiary/aromatic N) is 3. The summed E-state index contributed by atoms with van der Waals surface area (Å²) < 4.78 is 6.65. The monoisotopic (exact) mass is 505 g/mol. The van der Waals surface area contributed by atoms with E-state index in [0.717, 1.165) is 83.7 Å². The van der Waals surface area contributed by atoms with Crippen molar-refractivity contribution in [3.8, 4) is 5.75 Å². The van der Waals surface area contributed by atoms with Crippen LogP contribution in [0, 0.1) is 0 Å². The molecule has 2 atom stereocenters. The molecule has 0 unspecified atom stereocenters. The third-order valence-corrected chi connectivity index (χ3v) is 7.89. The molecule has 1 aliphatic carbocycles. The van der Waals surface area contributed by atoms with E-state index in [1.807, 2.05) is 60.6 Å². The van der Waals surface area contributed by atoms with Gasteiger partial charge >= 0.3 is 0 Å². The molecule has 0 saturated heterocycles. The van der Waals surface area contributed by atoms with Crippen molar-refractivity contribution in [3.63, 3.8) is 0 Å². The Balaban J connectivity index is 1.54. The fourth-order valence-corrected chi connectivity index (χ4v) is 5.78. The van der Waals surface area contributed by atoms with Crippen LogP contribution in [0.2, 0.25) is 0 Å². The van der Waals surface area contributed by atoms with E-state index in [4.69, 9.17) is 4.74 Å². The molecular formula is C31H43N3O3. The van der Waals surface area contributed by atoms with Gasteiger partial charge in [0.15, 0.2) is 0 Å². The molecule has 0 bridgehead atoms. The Kier molecular flexibility index (Phi) is 10.4. The first-order valence-electron chi connectivity index (χ1n) is 14.4. The molecule has 6 nitrogen and oxygen atoms in total. The van der Waals surface area contributed by atoms with Crippen LogP contribution in [0.1, 0.15) is 93.5 Å². The minimum atomic E-state index is -0.0907. The van der Waals surface area contributed by atoms with Crippen molar-refractivity contribution in [1.29, 1.82) is 0 Å². The smallest absolute Gasteiger partial charge is 0.257 e. The van der Waals surface area contributed by atoms with Crippen LogP contribution < -0.4 is 4.74 Å². The molecule has 1 aliphatic heterocycles. The highest BCUT2D eigenvalue weighted by atomic mass is 16.5. The Hall–Kier alpha value is -2.89. The Labute approximate surface area is 222 Å². The predicted molar refractivity (Wildman–Crippen MR) is 147 cm³/mol. The van der Waals surface area contributed by atoms with Gasteiger partial charge < -0.3 is 14.5 Å². The minimum absolute atomic E-state index is 0.0457. The predicted octanol–water partition coefficient (Wildman–Crippen LogP) is 6.05. The van der Waals surface area contributed by atoms with Crippen molar-refractivity contribution in [2.75, 3.05) is 19.6 Å². The first kappa shape index (κ1) is 27.2. The van der Waals surface area contributed by atoms with Crippen LogP contribution in [0.3, 0.4) is 0 Å². The molecule has 4 rings (SSSR count). The number of rotatable bonds is 5. The molecule has 1 saturated carbocycles. The fourth-order valence-electron chi connectivity index (χ4n) is 5.78. The Morgan fingerprint density at radius 1 is 0.946 bits per heavy atom.